The van der Waals surface area contributed by atoms with Crippen molar-refractivity contribution in [2.24, 2.45) is 0 Å². The van der Waals surface area contributed by atoms with Crippen molar-refractivity contribution in [2.45, 2.75) is 19.4 Å². The van der Waals surface area contributed by atoms with E-state index < -0.39 is 0 Å². The van der Waals surface area contributed by atoms with Crippen LogP contribution in [-0.4, -0.2) is 32.1 Å². The molecule has 0 saturated carbocycles. The minimum absolute atomic E-state index is 0.998. The predicted octanol–water partition coefficient (Wildman–Crippen LogP) is 2.52. The van der Waals surface area contributed by atoms with E-state index in [1.54, 1.807) is 0 Å². The number of anilines is 1. The summed E-state index contributed by atoms with van der Waals surface area (Å²) in [7, 11) is 2.19. The maximum atomic E-state index is 3.49. The molecule has 0 atom stereocenters. The first-order valence-electron chi connectivity index (χ1n) is 6.34. The largest absolute Gasteiger partial charge is 0.374 e. The van der Waals surface area contributed by atoms with E-state index in [-0.39, 0.29) is 0 Å². The zero-order valence-electron chi connectivity index (χ0n) is 10.8. The highest BCUT2D eigenvalue weighted by Gasteiger charge is 2.13. The molecular weight excluding hydrogens is 228 g/mol. The van der Waals surface area contributed by atoms with Crippen molar-refractivity contribution in [3.8, 4) is 0 Å². The Balaban J connectivity index is 1.96. The van der Waals surface area contributed by atoms with Crippen molar-refractivity contribution in [3.05, 3.63) is 29.3 Å². The standard InChI is InChI=1S/C14H22N2S/c1-16-8-3-4-13-10-12(5-6-14(13)16)11-15-7-9-17-2/h5-6,10,15H,3-4,7-9,11H2,1-2H3. The van der Waals surface area contributed by atoms with Crippen molar-refractivity contribution in [1.82, 2.24) is 5.32 Å². The molecule has 0 fully saturated rings. The van der Waals surface area contributed by atoms with E-state index in [0.717, 1.165) is 13.1 Å². The Labute approximate surface area is 109 Å². The van der Waals surface area contributed by atoms with Gasteiger partial charge in [-0.3, -0.25) is 0 Å². The summed E-state index contributed by atoms with van der Waals surface area (Å²) >= 11 is 1.89. The van der Waals surface area contributed by atoms with Gasteiger partial charge in [-0.2, -0.15) is 11.8 Å². The highest BCUT2D eigenvalue weighted by atomic mass is 32.2. The van der Waals surface area contributed by atoms with Gasteiger partial charge in [-0.05, 0) is 36.3 Å². The Morgan fingerprint density at radius 2 is 2.29 bits per heavy atom. The first-order valence-corrected chi connectivity index (χ1v) is 7.73. The highest BCUT2D eigenvalue weighted by Crippen LogP contribution is 2.26. The topological polar surface area (TPSA) is 15.3 Å². The van der Waals surface area contributed by atoms with Gasteiger partial charge in [0.15, 0.2) is 0 Å². The van der Waals surface area contributed by atoms with Gasteiger partial charge in [0.1, 0.15) is 0 Å². The van der Waals surface area contributed by atoms with E-state index in [9.17, 15) is 0 Å². The average Bonchev–Trinajstić information content (AvgIpc) is 2.35. The van der Waals surface area contributed by atoms with Crippen LogP contribution in [-0.2, 0) is 13.0 Å². The molecule has 1 heterocycles. The van der Waals surface area contributed by atoms with Crippen molar-refractivity contribution in [1.29, 1.82) is 0 Å². The van der Waals surface area contributed by atoms with Crippen LogP contribution in [0.4, 0.5) is 5.69 Å². The third-order valence-corrected chi connectivity index (χ3v) is 3.92. The first-order chi connectivity index (χ1) is 8.31. The highest BCUT2D eigenvalue weighted by molar-refractivity contribution is 7.98. The Bertz CT molecular complexity index is 365. The molecule has 3 heteroatoms. The molecule has 94 valence electrons. The van der Waals surface area contributed by atoms with Crippen LogP contribution in [0.15, 0.2) is 18.2 Å². The van der Waals surface area contributed by atoms with Crippen LogP contribution in [0.3, 0.4) is 0 Å². The van der Waals surface area contributed by atoms with Crippen LogP contribution in [0.5, 0.6) is 0 Å². The van der Waals surface area contributed by atoms with Crippen molar-refractivity contribution < 1.29 is 0 Å². The number of thioether (sulfide) groups is 1. The Hall–Kier alpha value is -0.670. The zero-order chi connectivity index (χ0) is 12.1. The van der Waals surface area contributed by atoms with E-state index in [2.05, 4.69) is 41.7 Å². The molecule has 2 rings (SSSR count). The van der Waals surface area contributed by atoms with E-state index >= 15 is 0 Å². The summed E-state index contributed by atoms with van der Waals surface area (Å²) in [4.78, 5) is 2.36. The molecule has 0 saturated heterocycles. The van der Waals surface area contributed by atoms with E-state index in [1.165, 1.54) is 42.0 Å². The monoisotopic (exact) mass is 250 g/mol. The molecule has 0 amide bonds. The molecule has 0 bridgehead atoms. The average molecular weight is 250 g/mol. The van der Waals surface area contributed by atoms with E-state index in [4.69, 9.17) is 0 Å². The summed E-state index contributed by atoms with van der Waals surface area (Å²) in [6, 6.07) is 6.91. The SMILES string of the molecule is CSCCNCc1ccc2c(c1)CCCN2C. The minimum atomic E-state index is 0.998. The second kappa shape index (κ2) is 6.31. The van der Waals surface area contributed by atoms with Crippen LogP contribution >= 0.6 is 11.8 Å². The van der Waals surface area contributed by atoms with Gasteiger partial charge in [-0.15, -0.1) is 0 Å². The van der Waals surface area contributed by atoms with Gasteiger partial charge in [-0.25, -0.2) is 0 Å². The summed E-state index contributed by atoms with van der Waals surface area (Å²) in [5.41, 5.74) is 4.35. The minimum Gasteiger partial charge on any atom is -0.374 e. The number of nitrogens with zero attached hydrogens (tertiary/aromatic N) is 1. The summed E-state index contributed by atoms with van der Waals surface area (Å²) in [5, 5.41) is 3.49. The normalized spacial score (nSPS) is 14.8. The molecule has 2 nitrogen and oxygen atoms in total. The van der Waals surface area contributed by atoms with Crippen LogP contribution < -0.4 is 10.2 Å². The number of rotatable bonds is 5. The number of nitrogens with one attached hydrogen (secondary N) is 1. The van der Waals surface area contributed by atoms with Gasteiger partial charge in [0.25, 0.3) is 0 Å². The molecule has 0 spiro atoms. The Morgan fingerprint density at radius 1 is 1.41 bits per heavy atom. The number of hydrogen-bond acceptors (Lipinski definition) is 3. The number of hydrogen-bond donors (Lipinski definition) is 1. The summed E-state index contributed by atoms with van der Waals surface area (Å²) in [6.45, 7) is 3.29. The predicted molar refractivity (Wildman–Crippen MR) is 78.1 cm³/mol. The molecule has 1 aliphatic rings. The zero-order valence-corrected chi connectivity index (χ0v) is 11.6. The molecule has 0 radical (unpaired) electrons. The van der Waals surface area contributed by atoms with E-state index in [1.807, 2.05) is 11.8 Å². The van der Waals surface area contributed by atoms with Crippen molar-refractivity contribution in [2.75, 3.05) is 37.0 Å². The van der Waals surface area contributed by atoms with Crippen LogP contribution in [0.25, 0.3) is 0 Å². The fourth-order valence-corrected chi connectivity index (χ4v) is 2.70. The van der Waals surface area contributed by atoms with Gasteiger partial charge < -0.3 is 10.2 Å². The molecule has 1 N–H and O–H groups in total. The number of fused-ring (bicyclic) bond motifs is 1. The van der Waals surface area contributed by atoms with Crippen LogP contribution in [0, 0.1) is 0 Å². The number of aryl methyl sites for hydroxylation is 1. The van der Waals surface area contributed by atoms with E-state index in [0.29, 0.717) is 0 Å². The fraction of sp³-hybridized carbons (Fsp3) is 0.571. The van der Waals surface area contributed by atoms with Gasteiger partial charge >= 0.3 is 0 Å². The molecule has 1 aromatic carbocycles. The number of benzene rings is 1. The summed E-state index contributed by atoms with van der Waals surface area (Å²) < 4.78 is 0. The van der Waals surface area contributed by atoms with Crippen molar-refractivity contribution in [3.63, 3.8) is 0 Å². The van der Waals surface area contributed by atoms with Crippen LogP contribution in [0.1, 0.15) is 17.5 Å². The molecular formula is C14H22N2S. The van der Waals surface area contributed by atoms with Gasteiger partial charge in [0.2, 0.25) is 0 Å². The summed E-state index contributed by atoms with van der Waals surface area (Å²) in [5.74, 6) is 1.19. The Morgan fingerprint density at radius 3 is 3.12 bits per heavy atom. The van der Waals surface area contributed by atoms with Crippen molar-refractivity contribution >= 4 is 17.4 Å². The smallest absolute Gasteiger partial charge is 0.0396 e. The van der Waals surface area contributed by atoms with Crippen LogP contribution in [0.2, 0.25) is 0 Å². The third-order valence-electron chi connectivity index (χ3n) is 3.31. The summed E-state index contributed by atoms with van der Waals surface area (Å²) in [6.07, 6.45) is 4.67. The lowest BCUT2D eigenvalue weighted by Gasteiger charge is -2.27. The lowest BCUT2D eigenvalue weighted by Crippen LogP contribution is -2.25. The Kier molecular flexibility index (Phi) is 4.75. The fourth-order valence-electron chi connectivity index (χ4n) is 2.36. The maximum Gasteiger partial charge on any atom is 0.0396 e. The molecule has 1 aromatic rings. The molecule has 0 unspecified atom stereocenters. The molecule has 1 aliphatic heterocycles. The lowest BCUT2D eigenvalue weighted by molar-refractivity contribution is 0.720. The van der Waals surface area contributed by atoms with Gasteiger partial charge in [0, 0.05) is 38.1 Å². The molecule has 17 heavy (non-hydrogen) atoms. The van der Waals surface area contributed by atoms with Gasteiger partial charge in [0.05, 0.1) is 0 Å². The lowest BCUT2D eigenvalue weighted by atomic mass is 9.99. The molecule has 0 aliphatic carbocycles. The molecule has 0 aromatic heterocycles. The first kappa shape index (κ1) is 12.8. The van der Waals surface area contributed by atoms with Gasteiger partial charge in [-0.1, -0.05) is 12.1 Å². The third kappa shape index (κ3) is 3.39. The quantitative estimate of drug-likeness (QED) is 0.809. The second-order valence-corrected chi connectivity index (χ2v) is 5.64. The second-order valence-electron chi connectivity index (χ2n) is 4.66. The maximum absolute atomic E-state index is 3.49.